The molecular weight excluding hydrogens is 368 g/mol. The van der Waals surface area contributed by atoms with Crippen LogP contribution in [0.5, 0.6) is 5.88 Å². The normalized spacial score (nSPS) is 10.9. The lowest BCUT2D eigenvalue weighted by Gasteiger charge is -1.99. The largest absolute Gasteiger partial charge is 0.480 e. The number of hydrogen-bond donors (Lipinski definition) is 1. The fourth-order valence-corrected chi connectivity index (χ4v) is 3.76. The Hall–Kier alpha value is -1.93. The zero-order chi connectivity index (χ0) is 15.9. The Balaban J connectivity index is 1.91. The number of ether oxygens (including phenoxy) is 1. The second kappa shape index (κ2) is 5.69. The molecule has 3 rings (SSSR count). The molecule has 0 fully saturated rings. The second-order valence-electron chi connectivity index (χ2n) is 4.69. The Bertz CT molecular complexity index is 871. The van der Waals surface area contributed by atoms with Gasteiger partial charge in [0.1, 0.15) is 4.47 Å². The molecule has 1 amide bonds. The number of carbonyl (C=O) groups is 1. The molecule has 0 radical (unpaired) electrons. The van der Waals surface area contributed by atoms with Gasteiger partial charge in [-0.05, 0) is 34.5 Å². The van der Waals surface area contributed by atoms with E-state index in [9.17, 15) is 4.79 Å². The van der Waals surface area contributed by atoms with Gasteiger partial charge in [-0.2, -0.15) is 5.10 Å². The van der Waals surface area contributed by atoms with E-state index in [0.717, 1.165) is 15.8 Å². The van der Waals surface area contributed by atoms with Crippen molar-refractivity contribution in [3.05, 3.63) is 33.9 Å². The first-order chi connectivity index (χ1) is 10.5. The van der Waals surface area contributed by atoms with Crippen LogP contribution in [-0.4, -0.2) is 27.8 Å². The number of methoxy groups -OCH3 is 1. The van der Waals surface area contributed by atoms with Crippen molar-refractivity contribution in [1.82, 2.24) is 14.8 Å². The summed E-state index contributed by atoms with van der Waals surface area (Å²) in [7, 11) is 3.24. The van der Waals surface area contributed by atoms with E-state index in [-0.39, 0.29) is 11.6 Å². The first kappa shape index (κ1) is 15.0. The maximum atomic E-state index is 12.4. The molecular formula is C14H13BrN4O2S. The molecule has 0 aliphatic rings. The van der Waals surface area contributed by atoms with Gasteiger partial charge in [0.25, 0.3) is 5.91 Å². The van der Waals surface area contributed by atoms with Crippen LogP contribution in [-0.2, 0) is 7.05 Å². The van der Waals surface area contributed by atoms with Crippen molar-refractivity contribution in [3.8, 4) is 5.88 Å². The number of aryl methyl sites for hydroxylation is 2. The predicted octanol–water partition coefficient (Wildman–Crippen LogP) is 3.36. The lowest BCUT2D eigenvalue weighted by molar-refractivity contribution is 0.102. The number of thiazole rings is 1. The summed E-state index contributed by atoms with van der Waals surface area (Å²) in [5.74, 6) is 0.160. The molecule has 0 aliphatic carbocycles. The van der Waals surface area contributed by atoms with Gasteiger partial charge >= 0.3 is 0 Å². The molecule has 8 heteroatoms. The molecule has 6 nitrogen and oxygen atoms in total. The van der Waals surface area contributed by atoms with Crippen LogP contribution < -0.4 is 10.1 Å². The van der Waals surface area contributed by atoms with E-state index in [4.69, 9.17) is 4.74 Å². The number of fused-ring (bicyclic) bond motifs is 1. The third-order valence-electron chi connectivity index (χ3n) is 3.19. The zero-order valence-electron chi connectivity index (χ0n) is 12.2. The molecule has 22 heavy (non-hydrogen) atoms. The monoisotopic (exact) mass is 380 g/mol. The van der Waals surface area contributed by atoms with Gasteiger partial charge in [-0.25, -0.2) is 9.67 Å². The van der Waals surface area contributed by atoms with Crippen molar-refractivity contribution < 1.29 is 9.53 Å². The number of rotatable bonds is 3. The molecule has 2 heterocycles. The third kappa shape index (κ3) is 2.48. The smallest absolute Gasteiger partial charge is 0.279 e. The van der Waals surface area contributed by atoms with Crippen LogP contribution in [0.15, 0.2) is 22.7 Å². The Labute approximate surface area is 139 Å². The molecule has 0 unspecified atom stereocenters. The van der Waals surface area contributed by atoms with Gasteiger partial charge in [-0.3, -0.25) is 10.1 Å². The van der Waals surface area contributed by atoms with Crippen LogP contribution in [0.3, 0.4) is 0 Å². The number of nitrogens with one attached hydrogen (secondary N) is 1. The van der Waals surface area contributed by atoms with Crippen LogP contribution in [0.4, 0.5) is 5.13 Å². The minimum Gasteiger partial charge on any atom is -0.480 e. The summed E-state index contributed by atoms with van der Waals surface area (Å²) in [6, 6.07) is 5.95. The highest BCUT2D eigenvalue weighted by molar-refractivity contribution is 9.10. The highest BCUT2D eigenvalue weighted by Gasteiger charge is 2.21. The summed E-state index contributed by atoms with van der Waals surface area (Å²) in [6.07, 6.45) is 0. The van der Waals surface area contributed by atoms with E-state index in [1.165, 1.54) is 23.1 Å². The number of hydrogen-bond acceptors (Lipinski definition) is 5. The third-order valence-corrected chi connectivity index (χ3v) is 4.84. The number of benzene rings is 1. The van der Waals surface area contributed by atoms with Gasteiger partial charge in [-0.15, -0.1) is 0 Å². The average Bonchev–Trinajstić information content (AvgIpc) is 3.00. The summed E-state index contributed by atoms with van der Waals surface area (Å²) >= 11 is 4.77. The summed E-state index contributed by atoms with van der Waals surface area (Å²) in [5.41, 5.74) is 2.24. The number of para-hydroxylation sites is 1. The molecule has 0 saturated carbocycles. The lowest BCUT2D eigenvalue weighted by atomic mass is 10.2. The van der Waals surface area contributed by atoms with Crippen molar-refractivity contribution in [2.75, 3.05) is 12.4 Å². The Morgan fingerprint density at radius 1 is 1.45 bits per heavy atom. The van der Waals surface area contributed by atoms with Crippen LogP contribution >= 0.6 is 27.3 Å². The molecule has 3 aromatic rings. The molecule has 0 bridgehead atoms. The van der Waals surface area contributed by atoms with Crippen molar-refractivity contribution in [3.63, 3.8) is 0 Å². The minimum atomic E-state index is -0.331. The highest BCUT2D eigenvalue weighted by Crippen LogP contribution is 2.30. The fourth-order valence-electron chi connectivity index (χ4n) is 2.15. The first-order valence-electron chi connectivity index (χ1n) is 6.45. The number of anilines is 1. The van der Waals surface area contributed by atoms with Crippen molar-refractivity contribution >= 4 is 48.5 Å². The number of nitrogens with zero attached hydrogens (tertiary/aromatic N) is 3. The van der Waals surface area contributed by atoms with Gasteiger partial charge in [-0.1, -0.05) is 23.5 Å². The van der Waals surface area contributed by atoms with Gasteiger partial charge in [0.15, 0.2) is 10.8 Å². The molecule has 114 valence electrons. The number of carbonyl (C=O) groups excluding carboxylic acids is 1. The lowest BCUT2D eigenvalue weighted by Crippen LogP contribution is -2.13. The quantitative estimate of drug-likeness (QED) is 0.756. The van der Waals surface area contributed by atoms with Crippen molar-refractivity contribution in [2.24, 2.45) is 7.05 Å². The summed E-state index contributed by atoms with van der Waals surface area (Å²) in [5, 5.41) is 7.49. The topological polar surface area (TPSA) is 69.0 Å². The molecule has 0 atom stereocenters. The number of aromatic nitrogens is 3. The van der Waals surface area contributed by atoms with Gasteiger partial charge in [0.2, 0.25) is 5.88 Å². The molecule has 0 spiro atoms. The van der Waals surface area contributed by atoms with Crippen molar-refractivity contribution in [1.29, 1.82) is 0 Å². The Morgan fingerprint density at radius 3 is 2.86 bits per heavy atom. The minimum absolute atomic E-state index is 0.260. The molecule has 2 aromatic heterocycles. The summed E-state index contributed by atoms with van der Waals surface area (Å²) in [6.45, 7) is 1.99. The standard InChI is InChI=1S/C14H13BrN4O2S/c1-7-5-4-6-8-10(7)16-14(22-8)17-12(20)11-9(15)13(21-3)19(2)18-11/h4-6H,1-3H3,(H,16,17,20). The van der Waals surface area contributed by atoms with Gasteiger partial charge in [0, 0.05) is 7.05 Å². The summed E-state index contributed by atoms with van der Waals surface area (Å²) in [4.78, 5) is 16.8. The van der Waals surface area contributed by atoms with E-state index in [0.29, 0.717) is 15.5 Å². The Morgan fingerprint density at radius 2 is 2.23 bits per heavy atom. The number of halogens is 1. The van der Waals surface area contributed by atoms with E-state index in [2.05, 4.69) is 31.3 Å². The van der Waals surface area contributed by atoms with Crippen LogP contribution in [0.25, 0.3) is 10.2 Å². The van der Waals surface area contributed by atoms with E-state index >= 15 is 0 Å². The highest BCUT2D eigenvalue weighted by atomic mass is 79.9. The van der Waals surface area contributed by atoms with E-state index in [1.54, 1.807) is 7.05 Å². The fraction of sp³-hybridized carbons (Fsp3) is 0.214. The number of amides is 1. The maximum absolute atomic E-state index is 12.4. The van der Waals surface area contributed by atoms with Crippen LogP contribution in [0.1, 0.15) is 16.1 Å². The van der Waals surface area contributed by atoms with Gasteiger partial charge < -0.3 is 4.74 Å². The molecule has 0 aliphatic heterocycles. The maximum Gasteiger partial charge on any atom is 0.279 e. The first-order valence-corrected chi connectivity index (χ1v) is 8.06. The molecule has 1 aromatic carbocycles. The van der Waals surface area contributed by atoms with Gasteiger partial charge in [0.05, 0.1) is 17.3 Å². The average molecular weight is 381 g/mol. The predicted molar refractivity (Wildman–Crippen MR) is 89.8 cm³/mol. The molecule has 1 N–H and O–H groups in total. The zero-order valence-corrected chi connectivity index (χ0v) is 14.6. The van der Waals surface area contributed by atoms with E-state index in [1.807, 2.05) is 25.1 Å². The van der Waals surface area contributed by atoms with E-state index < -0.39 is 0 Å². The molecule has 0 saturated heterocycles. The summed E-state index contributed by atoms with van der Waals surface area (Å²) < 4.78 is 8.24. The second-order valence-corrected chi connectivity index (χ2v) is 6.51. The SMILES string of the molecule is COc1c(Br)c(C(=O)Nc2nc3c(C)cccc3s2)nn1C. The van der Waals surface area contributed by atoms with Crippen LogP contribution in [0, 0.1) is 6.92 Å². The Kier molecular flexibility index (Phi) is 3.88. The van der Waals surface area contributed by atoms with Crippen LogP contribution in [0.2, 0.25) is 0 Å². The van der Waals surface area contributed by atoms with Crippen molar-refractivity contribution in [2.45, 2.75) is 6.92 Å².